The van der Waals surface area contributed by atoms with Gasteiger partial charge in [0.05, 0.1) is 12.4 Å². The SMILES string of the molecule is COCCN(C)S(=O)(=O)CCCCNC(C)C. The molecule has 104 valence electrons. The Morgan fingerprint density at radius 3 is 2.47 bits per heavy atom. The van der Waals surface area contributed by atoms with Gasteiger partial charge in [0, 0.05) is 26.7 Å². The van der Waals surface area contributed by atoms with Gasteiger partial charge in [0.2, 0.25) is 10.0 Å². The number of ether oxygens (including phenoxy) is 1. The molecule has 5 nitrogen and oxygen atoms in total. The number of unbranched alkanes of at least 4 members (excludes halogenated alkanes) is 1. The number of nitrogens with one attached hydrogen (secondary N) is 1. The van der Waals surface area contributed by atoms with Crippen LogP contribution in [-0.4, -0.2) is 58.4 Å². The van der Waals surface area contributed by atoms with Crippen molar-refractivity contribution >= 4 is 10.0 Å². The highest BCUT2D eigenvalue weighted by molar-refractivity contribution is 7.89. The van der Waals surface area contributed by atoms with Gasteiger partial charge >= 0.3 is 0 Å². The summed E-state index contributed by atoms with van der Waals surface area (Å²) in [5.74, 6) is 0.215. The molecular weight excluding hydrogens is 240 g/mol. The minimum atomic E-state index is -3.11. The van der Waals surface area contributed by atoms with Gasteiger partial charge < -0.3 is 10.1 Å². The highest BCUT2D eigenvalue weighted by Gasteiger charge is 2.16. The van der Waals surface area contributed by atoms with Crippen molar-refractivity contribution in [2.75, 3.05) is 39.6 Å². The van der Waals surface area contributed by atoms with Gasteiger partial charge in [-0.25, -0.2) is 12.7 Å². The minimum Gasteiger partial charge on any atom is -0.383 e. The van der Waals surface area contributed by atoms with Crippen molar-refractivity contribution in [1.82, 2.24) is 9.62 Å². The summed E-state index contributed by atoms with van der Waals surface area (Å²) in [7, 11) is 0.0578. The molecule has 0 aliphatic rings. The summed E-state index contributed by atoms with van der Waals surface area (Å²) in [6, 6.07) is 0.455. The molecule has 0 atom stereocenters. The van der Waals surface area contributed by atoms with Gasteiger partial charge in [0.25, 0.3) is 0 Å². The summed E-state index contributed by atoms with van der Waals surface area (Å²) in [5, 5.41) is 3.27. The largest absolute Gasteiger partial charge is 0.383 e. The van der Waals surface area contributed by atoms with Crippen molar-refractivity contribution < 1.29 is 13.2 Å². The predicted octanol–water partition coefficient (Wildman–Crippen LogP) is 0.673. The first kappa shape index (κ1) is 16.8. The first-order valence-electron chi connectivity index (χ1n) is 6.06. The Hall–Kier alpha value is -0.170. The second-order valence-corrected chi connectivity index (χ2v) is 6.64. The second kappa shape index (κ2) is 8.85. The Kier molecular flexibility index (Phi) is 8.77. The van der Waals surface area contributed by atoms with Crippen molar-refractivity contribution in [2.24, 2.45) is 0 Å². The van der Waals surface area contributed by atoms with Crippen molar-refractivity contribution in [2.45, 2.75) is 32.7 Å². The van der Waals surface area contributed by atoms with Gasteiger partial charge in [-0.3, -0.25) is 0 Å². The Balaban J connectivity index is 3.77. The van der Waals surface area contributed by atoms with Crippen LogP contribution in [0.1, 0.15) is 26.7 Å². The molecule has 0 fully saturated rings. The Morgan fingerprint density at radius 1 is 1.29 bits per heavy atom. The zero-order valence-corrected chi connectivity index (χ0v) is 12.2. The third-order valence-corrected chi connectivity index (χ3v) is 4.40. The summed E-state index contributed by atoms with van der Waals surface area (Å²) in [4.78, 5) is 0. The molecule has 1 N–H and O–H groups in total. The van der Waals surface area contributed by atoms with E-state index in [1.165, 1.54) is 4.31 Å². The number of hydrogen-bond donors (Lipinski definition) is 1. The van der Waals surface area contributed by atoms with E-state index >= 15 is 0 Å². The van der Waals surface area contributed by atoms with Crippen molar-refractivity contribution in [3.8, 4) is 0 Å². The number of sulfonamides is 1. The average molecular weight is 266 g/mol. The van der Waals surface area contributed by atoms with Gasteiger partial charge in [-0.1, -0.05) is 13.8 Å². The molecule has 0 radical (unpaired) electrons. The predicted molar refractivity (Wildman–Crippen MR) is 70.7 cm³/mol. The molecule has 0 aromatic heterocycles. The molecule has 0 bridgehead atoms. The first-order valence-corrected chi connectivity index (χ1v) is 7.67. The quantitative estimate of drug-likeness (QED) is 0.591. The fourth-order valence-electron chi connectivity index (χ4n) is 1.31. The average Bonchev–Trinajstić information content (AvgIpc) is 2.24. The lowest BCUT2D eigenvalue weighted by Gasteiger charge is -2.16. The number of rotatable bonds is 10. The molecule has 0 rings (SSSR count). The lowest BCUT2D eigenvalue weighted by molar-refractivity contribution is 0.185. The van der Waals surface area contributed by atoms with E-state index < -0.39 is 10.0 Å². The highest BCUT2D eigenvalue weighted by Crippen LogP contribution is 2.02. The number of hydrogen-bond acceptors (Lipinski definition) is 4. The molecule has 17 heavy (non-hydrogen) atoms. The van der Waals surface area contributed by atoms with Gasteiger partial charge in [-0.15, -0.1) is 0 Å². The fourth-order valence-corrected chi connectivity index (χ4v) is 2.55. The van der Waals surface area contributed by atoms with Crippen LogP contribution in [0.3, 0.4) is 0 Å². The van der Waals surface area contributed by atoms with Crippen molar-refractivity contribution in [3.63, 3.8) is 0 Å². The molecular formula is C11H26N2O3S. The number of nitrogens with zero attached hydrogens (tertiary/aromatic N) is 1. The molecule has 0 spiro atoms. The van der Waals surface area contributed by atoms with E-state index in [0.717, 1.165) is 13.0 Å². The van der Waals surface area contributed by atoms with Crippen LogP contribution >= 0.6 is 0 Å². The molecule has 0 aromatic carbocycles. The maximum absolute atomic E-state index is 11.8. The number of likely N-dealkylation sites (N-methyl/N-ethyl adjacent to an activating group) is 1. The van der Waals surface area contributed by atoms with Crippen LogP contribution in [-0.2, 0) is 14.8 Å². The van der Waals surface area contributed by atoms with E-state index in [9.17, 15) is 8.42 Å². The van der Waals surface area contributed by atoms with E-state index in [2.05, 4.69) is 19.2 Å². The molecule has 0 saturated heterocycles. The van der Waals surface area contributed by atoms with Crippen LogP contribution in [0.5, 0.6) is 0 Å². The molecule has 0 heterocycles. The molecule has 0 amide bonds. The second-order valence-electron chi connectivity index (χ2n) is 4.45. The molecule has 0 aliphatic heterocycles. The van der Waals surface area contributed by atoms with Crippen LogP contribution in [0, 0.1) is 0 Å². The van der Waals surface area contributed by atoms with Crippen LogP contribution in [0.4, 0.5) is 0 Å². The summed E-state index contributed by atoms with van der Waals surface area (Å²) in [5.41, 5.74) is 0. The number of methoxy groups -OCH3 is 1. The molecule has 0 unspecified atom stereocenters. The molecule has 0 saturated carbocycles. The van der Waals surface area contributed by atoms with Crippen LogP contribution < -0.4 is 5.32 Å². The van der Waals surface area contributed by atoms with Crippen LogP contribution in [0.25, 0.3) is 0 Å². The van der Waals surface area contributed by atoms with Crippen molar-refractivity contribution in [1.29, 1.82) is 0 Å². The summed E-state index contributed by atoms with van der Waals surface area (Å²) >= 11 is 0. The minimum absolute atomic E-state index is 0.215. The third kappa shape index (κ3) is 8.54. The lowest BCUT2D eigenvalue weighted by Crippen LogP contribution is -2.32. The fraction of sp³-hybridized carbons (Fsp3) is 1.00. The van der Waals surface area contributed by atoms with E-state index in [0.29, 0.717) is 25.6 Å². The van der Waals surface area contributed by atoms with Gasteiger partial charge in [-0.05, 0) is 19.4 Å². The van der Waals surface area contributed by atoms with Gasteiger partial charge in [0.1, 0.15) is 0 Å². The molecule has 6 heteroatoms. The van der Waals surface area contributed by atoms with E-state index in [1.807, 2.05) is 0 Å². The van der Waals surface area contributed by atoms with Gasteiger partial charge in [0.15, 0.2) is 0 Å². The van der Waals surface area contributed by atoms with Crippen LogP contribution in [0.15, 0.2) is 0 Å². The lowest BCUT2D eigenvalue weighted by atomic mass is 10.3. The van der Waals surface area contributed by atoms with E-state index in [-0.39, 0.29) is 5.75 Å². The van der Waals surface area contributed by atoms with E-state index in [4.69, 9.17) is 4.74 Å². The Morgan fingerprint density at radius 2 is 1.94 bits per heavy atom. The van der Waals surface area contributed by atoms with Crippen molar-refractivity contribution in [3.05, 3.63) is 0 Å². The topological polar surface area (TPSA) is 58.6 Å². The Labute approximate surface area is 106 Å². The third-order valence-electron chi connectivity index (χ3n) is 2.47. The maximum Gasteiger partial charge on any atom is 0.213 e. The van der Waals surface area contributed by atoms with Gasteiger partial charge in [-0.2, -0.15) is 0 Å². The summed E-state index contributed by atoms with van der Waals surface area (Å²) in [6.07, 6.45) is 1.58. The zero-order chi connectivity index (χ0) is 13.3. The normalized spacial score (nSPS) is 12.6. The summed E-state index contributed by atoms with van der Waals surface area (Å²) in [6.45, 7) is 5.88. The zero-order valence-electron chi connectivity index (χ0n) is 11.4. The molecule has 0 aliphatic carbocycles. The first-order chi connectivity index (χ1) is 7.90. The molecule has 0 aromatic rings. The highest BCUT2D eigenvalue weighted by atomic mass is 32.2. The summed E-state index contributed by atoms with van der Waals surface area (Å²) < 4.78 is 29.8. The smallest absolute Gasteiger partial charge is 0.213 e. The van der Waals surface area contributed by atoms with Crippen LogP contribution in [0.2, 0.25) is 0 Å². The standard InChI is InChI=1S/C11H26N2O3S/c1-11(2)12-7-5-6-10-17(14,15)13(3)8-9-16-4/h11-12H,5-10H2,1-4H3. The maximum atomic E-state index is 11.8. The monoisotopic (exact) mass is 266 g/mol. The van der Waals surface area contributed by atoms with E-state index in [1.54, 1.807) is 14.2 Å². The Bertz CT molecular complexity index is 278.